The van der Waals surface area contributed by atoms with E-state index in [2.05, 4.69) is 10.4 Å². The zero-order valence-corrected chi connectivity index (χ0v) is 11.7. The van der Waals surface area contributed by atoms with E-state index in [1.165, 1.54) is 24.1 Å². The summed E-state index contributed by atoms with van der Waals surface area (Å²) in [5.41, 5.74) is 1.65. The van der Waals surface area contributed by atoms with Crippen molar-refractivity contribution in [3.63, 3.8) is 0 Å². The summed E-state index contributed by atoms with van der Waals surface area (Å²) >= 11 is 0. The Morgan fingerprint density at radius 3 is 2.81 bits per heavy atom. The number of carboxylic acid groups (broad SMARTS) is 1. The summed E-state index contributed by atoms with van der Waals surface area (Å²) in [6.45, 7) is 1.61. The molecule has 2 N–H and O–H groups in total. The normalized spacial score (nSPS) is 10.2. The summed E-state index contributed by atoms with van der Waals surface area (Å²) in [6.07, 6.45) is 1.44. The minimum atomic E-state index is -1.02. The van der Waals surface area contributed by atoms with Gasteiger partial charge in [-0.15, -0.1) is 0 Å². The maximum absolute atomic E-state index is 12.1. The smallest absolute Gasteiger partial charge is 0.325 e. The Hall–Kier alpha value is -2.83. The number of carbonyl (C=O) groups is 2. The van der Waals surface area contributed by atoms with Gasteiger partial charge >= 0.3 is 5.97 Å². The van der Waals surface area contributed by atoms with Crippen molar-refractivity contribution in [2.45, 2.75) is 13.5 Å². The van der Waals surface area contributed by atoms with E-state index in [4.69, 9.17) is 9.84 Å². The highest BCUT2D eigenvalue weighted by molar-refractivity contribution is 6.03. The Morgan fingerprint density at radius 2 is 2.14 bits per heavy atom. The Labute approximate surface area is 121 Å². The number of rotatable bonds is 5. The SMILES string of the molecule is COc1ccc(C)cc1NC(=O)c1ccn(CC(=O)O)n1. The molecule has 110 valence electrons. The molecular formula is C14H15N3O4. The van der Waals surface area contributed by atoms with Crippen LogP contribution in [0.3, 0.4) is 0 Å². The average molecular weight is 289 g/mol. The topological polar surface area (TPSA) is 93.5 Å². The maximum atomic E-state index is 12.1. The largest absolute Gasteiger partial charge is 0.495 e. The van der Waals surface area contributed by atoms with Gasteiger partial charge < -0.3 is 15.2 Å². The lowest BCUT2D eigenvalue weighted by Crippen LogP contribution is -2.15. The lowest BCUT2D eigenvalue weighted by Gasteiger charge is -2.10. The minimum absolute atomic E-state index is 0.139. The number of hydrogen-bond donors (Lipinski definition) is 2. The quantitative estimate of drug-likeness (QED) is 0.870. The second kappa shape index (κ2) is 6.08. The van der Waals surface area contributed by atoms with Crippen LogP contribution in [0.2, 0.25) is 0 Å². The molecule has 2 rings (SSSR count). The van der Waals surface area contributed by atoms with Gasteiger partial charge in [0.25, 0.3) is 5.91 Å². The van der Waals surface area contributed by atoms with Gasteiger partial charge in [0, 0.05) is 6.20 Å². The first-order valence-electron chi connectivity index (χ1n) is 6.21. The first kappa shape index (κ1) is 14.6. The number of methoxy groups -OCH3 is 1. The maximum Gasteiger partial charge on any atom is 0.325 e. The molecule has 1 aromatic carbocycles. The number of hydrogen-bond acceptors (Lipinski definition) is 4. The zero-order chi connectivity index (χ0) is 15.4. The van der Waals surface area contributed by atoms with Crippen LogP contribution in [-0.4, -0.2) is 33.9 Å². The Bertz CT molecular complexity index is 679. The highest BCUT2D eigenvalue weighted by Gasteiger charge is 2.13. The van der Waals surface area contributed by atoms with Crippen LogP contribution in [0.1, 0.15) is 16.1 Å². The van der Waals surface area contributed by atoms with Crippen LogP contribution >= 0.6 is 0 Å². The van der Waals surface area contributed by atoms with Gasteiger partial charge in [0.15, 0.2) is 5.69 Å². The van der Waals surface area contributed by atoms with Gasteiger partial charge in [-0.25, -0.2) is 0 Å². The van der Waals surface area contributed by atoms with Gasteiger partial charge in [-0.3, -0.25) is 14.3 Å². The minimum Gasteiger partial charge on any atom is -0.495 e. The van der Waals surface area contributed by atoms with Crippen molar-refractivity contribution in [3.8, 4) is 5.75 Å². The van der Waals surface area contributed by atoms with E-state index in [0.29, 0.717) is 11.4 Å². The molecule has 7 nitrogen and oxygen atoms in total. The summed E-state index contributed by atoms with van der Waals surface area (Å²) in [5, 5.41) is 15.3. The van der Waals surface area contributed by atoms with Gasteiger partial charge in [0.2, 0.25) is 0 Å². The molecule has 21 heavy (non-hydrogen) atoms. The van der Waals surface area contributed by atoms with E-state index < -0.39 is 11.9 Å². The second-order valence-electron chi connectivity index (χ2n) is 4.45. The van der Waals surface area contributed by atoms with E-state index in [1.54, 1.807) is 12.1 Å². The highest BCUT2D eigenvalue weighted by Crippen LogP contribution is 2.25. The molecule has 0 aliphatic carbocycles. The number of nitrogens with zero attached hydrogens (tertiary/aromatic N) is 2. The number of amides is 1. The number of nitrogens with one attached hydrogen (secondary N) is 1. The van der Waals surface area contributed by atoms with E-state index in [0.717, 1.165) is 5.56 Å². The van der Waals surface area contributed by atoms with Crippen LogP contribution in [0.25, 0.3) is 0 Å². The Morgan fingerprint density at radius 1 is 1.38 bits per heavy atom. The van der Waals surface area contributed by atoms with Crippen LogP contribution in [-0.2, 0) is 11.3 Å². The molecule has 0 atom stereocenters. The Kier molecular flexibility index (Phi) is 4.22. The third kappa shape index (κ3) is 3.59. The van der Waals surface area contributed by atoms with Crippen LogP contribution < -0.4 is 10.1 Å². The van der Waals surface area contributed by atoms with Gasteiger partial charge in [0.05, 0.1) is 12.8 Å². The molecule has 1 heterocycles. The number of carbonyl (C=O) groups excluding carboxylic acids is 1. The molecule has 0 aliphatic heterocycles. The number of anilines is 1. The molecule has 1 amide bonds. The Balaban J connectivity index is 2.16. The standard InChI is InChI=1S/C14H15N3O4/c1-9-3-4-12(21-2)11(7-9)15-14(20)10-5-6-17(16-10)8-13(18)19/h3-7H,8H2,1-2H3,(H,15,20)(H,18,19). The molecule has 0 radical (unpaired) electrons. The van der Waals surface area contributed by atoms with Crippen molar-refractivity contribution in [3.05, 3.63) is 41.7 Å². The zero-order valence-electron chi connectivity index (χ0n) is 11.7. The summed E-state index contributed by atoms with van der Waals surface area (Å²) in [4.78, 5) is 22.7. The van der Waals surface area contributed by atoms with Crippen molar-refractivity contribution in [1.82, 2.24) is 9.78 Å². The first-order valence-corrected chi connectivity index (χ1v) is 6.21. The predicted octanol–water partition coefficient (Wildman–Crippen LogP) is 1.54. The fourth-order valence-electron chi connectivity index (χ4n) is 1.82. The highest BCUT2D eigenvalue weighted by atomic mass is 16.5. The fraction of sp³-hybridized carbons (Fsp3) is 0.214. The third-order valence-electron chi connectivity index (χ3n) is 2.77. The molecule has 2 aromatic rings. The molecule has 1 aromatic heterocycles. The van der Waals surface area contributed by atoms with Crippen molar-refractivity contribution in [2.75, 3.05) is 12.4 Å². The molecule has 0 saturated carbocycles. The lowest BCUT2D eigenvalue weighted by molar-refractivity contribution is -0.137. The first-order chi connectivity index (χ1) is 9.99. The van der Waals surface area contributed by atoms with Crippen LogP contribution in [0.5, 0.6) is 5.75 Å². The summed E-state index contributed by atoms with van der Waals surface area (Å²) in [5.74, 6) is -0.910. The molecule has 7 heteroatoms. The van der Waals surface area contributed by atoms with E-state index in [9.17, 15) is 9.59 Å². The van der Waals surface area contributed by atoms with E-state index in [-0.39, 0.29) is 12.2 Å². The van der Waals surface area contributed by atoms with Crippen molar-refractivity contribution >= 4 is 17.6 Å². The number of benzene rings is 1. The lowest BCUT2D eigenvalue weighted by atomic mass is 10.2. The van der Waals surface area contributed by atoms with Crippen LogP contribution in [0, 0.1) is 6.92 Å². The van der Waals surface area contributed by atoms with Gasteiger partial charge in [-0.05, 0) is 30.7 Å². The van der Waals surface area contributed by atoms with Crippen LogP contribution in [0.4, 0.5) is 5.69 Å². The molecule has 0 unspecified atom stereocenters. The van der Waals surface area contributed by atoms with Gasteiger partial charge in [0.1, 0.15) is 12.3 Å². The number of ether oxygens (including phenoxy) is 1. The van der Waals surface area contributed by atoms with Gasteiger partial charge in [-0.2, -0.15) is 5.10 Å². The monoisotopic (exact) mass is 289 g/mol. The summed E-state index contributed by atoms with van der Waals surface area (Å²) < 4.78 is 6.36. The third-order valence-corrected chi connectivity index (χ3v) is 2.77. The van der Waals surface area contributed by atoms with Crippen molar-refractivity contribution in [2.24, 2.45) is 0 Å². The molecule has 0 bridgehead atoms. The summed E-state index contributed by atoms with van der Waals surface area (Å²) in [7, 11) is 1.52. The van der Waals surface area contributed by atoms with Gasteiger partial charge in [-0.1, -0.05) is 6.07 Å². The molecule has 0 spiro atoms. The van der Waals surface area contributed by atoms with Crippen LogP contribution in [0.15, 0.2) is 30.5 Å². The molecule has 0 aliphatic rings. The fourth-order valence-corrected chi connectivity index (χ4v) is 1.82. The molecular weight excluding hydrogens is 274 g/mol. The predicted molar refractivity (Wildman–Crippen MR) is 75.5 cm³/mol. The molecule has 0 fully saturated rings. The number of carboxylic acids is 1. The second-order valence-corrected chi connectivity index (χ2v) is 4.45. The van der Waals surface area contributed by atoms with E-state index >= 15 is 0 Å². The van der Waals surface area contributed by atoms with Crippen molar-refractivity contribution < 1.29 is 19.4 Å². The number of aliphatic carboxylic acids is 1. The molecule has 0 saturated heterocycles. The van der Waals surface area contributed by atoms with Crippen molar-refractivity contribution in [1.29, 1.82) is 0 Å². The number of aromatic nitrogens is 2. The van der Waals surface area contributed by atoms with E-state index in [1.807, 2.05) is 13.0 Å². The average Bonchev–Trinajstić information content (AvgIpc) is 2.86. The summed E-state index contributed by atoms with van der Waals surface area (Å²) in [6, 6.07) is 6.87. The number of aryl methyl sites for hydroxylation is 1.